The second-order valence-corrected chi connectivity index (χ2v) is 9.36. The van der Waals surface area contributed by atoms with Gasteiger partial charge in [-0.05, 0) is 73.5 Å². The van der Waals surface area contributed by atoms with Gasteiger partial charge in [0.2, 0.25) is 26.6 Å². The Hall–Kier alpha value is -3.16. The van der Waals surface area contributed by atoms with Crippen molar-refractivity contribution in [3.63, 3.8) is 0 Å². The van der Waals surface area contributed by atoms with Gasteiger partial charge < -0.3 is 9.73 Å². The normalized spacial score (nSPS) is 11.5. The van der Waals surface area contributed by atoms with Crippen LogP contribution in [0.15, 0.2) is 81.1 Å². The second-order valence-electron chi connectivity index (χ2n) is 7.09. The SMILES string of the molecule is Cc1cc(C)cc(Nc2oc(-c3ccccc3Cl)nc2S(=O)(=O)c2ccc(F)cc2)c1. The molecule has 0 saturated carbocycles. The first-order chi connectivity index (χ1) is 14.7. The zero-order valence-electron chi connectivity index (χ0n) is 16.7. The summed E-state index contributed by atoms with van der Waals surface area (Å²) in [7, 11) is -4.10. The lowest BCUT2D eigenvalue weighted by molar-refractivity contribution is 0.581. The van der Waals surface area contributed by atoms with Gasteiger partial charge in [0.1, 0.15) is 5.82 Å². The molecule has 0 fully saturated rings. The fourth-order valence-corrected chi connectivity index (χ4v) is 4.69. The van der Waals surface area contributed by atoms with Crippen LogP contribution >= 0.6 is 11.6 Å². The first-order valence-corrected chi connectivity index (χ1v) is 11.2. The number of benzene rings is 3. The topological polar surface area (TPSA) is 72.2 Å². The molecule has 0 unspecified atom stereocenters. The summed E-state index contributed by atoms with van der Waals surface area (Å²) < 4.78 is 45.8. The van der Waals surface area contributed by atoms with E-state index in [1.54, 1.807) is 24.3 Å². The van der Waals surface area contributed by atoms with Gasteiger partial charge in [0.25, 0.3) is 0 Å². The van der Waals surface area contributed by atoms with Crippen LogP contribution in [0, 0.1) is 19.7 Å². The van der Waals surface area contributed by atoms with Crippen molar-refractivity contribution in [2.75, 3.05) is 5.32 Å². The highest BCUT2D eigenvalue weighted by molar-refractivity contribution is 7.91. The fourth-order valence-electron chi connectivity index (χ4n) is 3.22. The minimum atomic E-state index is -4.10. The molecule has 0 radical (unpaired) electrons. The van der Waals surface area contributed by atoms with E-state index in [4.69, 9.17) is 16.0 Å². The van der Waals surface area contributed by atoms with E-state index in [0.29, 0.717) is 16.3 Å². The Kier molecular flexibility index (Phi) is 5.56. The number of anilines is 2. The average molecular weight is 457 g/mol. The van der Waals surface area contributed by atoms with Crippen LogP contribution in [0.1, 0.15) is 11.1 Å². The number of aromatic nitrogens is 1. The molecule has 0 aliphatic heterocycles. The maximum atomic E-state index is 13.3. The Morgan fingerprint density at radius 1 is 0.968 bits per heavy atom. The van der Waals surface area contributed by atoms with Crippen LogP contribution in [-0.2, 0) is 9.84 Å². The quantitative estimate of drug-likeness (QED) is 0.355. The van der Waals surface area contributed by atoms with Gasteiger partial charge in [-0.3, -0.25) is 0 Å². The van der Waals surface area contributed by atoms with E-state index in [2.05, 4.69) is 10.3 Å². The Morgan fingerprint density at radius 2 is 1.61 bits per heavy atom. The molecule has 0 spiro atoms. The van der Waals surface area contributed by atoms with E-state index in [0.717, 1.165) is 23.3 Å². The summed E-state index contributed by atoms with van der Waals surface area (Å²) in [6, 6.07) is 17.1. The molecular weight excluding hydrogens is 439 g/mol. The second kappa shape index (κ2) is 8.17. The standard InChI is InChI=1S/C23H18ClFN2O3S/c1-14-11-15(2)13-17(12-14)26-22-23(31(28,29)18-9-7-16(25)8-10-18)27-21(30-22)19-5-3-4-6-20(19)24/h3-13,26H,1-2H3. The first kappa shape index (κ1) is 21.1. The van der Waals surface area contributed by atoms with Crippen molar-refractivity contribution in [2.24, 2.45) is 0 Å². The minimum Gasteiger partial charge on any atom is -0.419 e. The van der Waals surface area contributed by atoms with Crippen LogP contribution < -0.4 is 5.32 Å². The van der Waals surface area contributed by atoms with Crippen LogP contribution in [0.25, 0.3) is 11.5 Å². The van der Waals surface area contributed by atoms with Crippen LogP contribution in [-0.4, -0.2) is 13.4 Å². The first-order valence-electron chi connectivity index (χ1n) is 9.36. The maximum Gasteiger partial charge on any atom is 0.238 e. The molecule has 4 aromatic rings. The Balaban J connectivity index is 1.88. The molecule has 1 heterocycles. The van der Waals surface area contributed by atoms with E-state index in [1.807, 2.05) is 32.0 Å². The monoisotopic (exact) mass is 456 g/mol. The van der Waals surface area contributed by atoms with Crippen molar-refractivity contribution in [3.05, 3.63) is 88.7 Å². The third-order valence-corrected chi connectivity index (χ3v) is 6.57. The molecule has 0 atom stereocenters. The highest BCUT2D eigenvalue weighted by atomic mass is 35.5. The lowest BCUT2D eigenvalue weighted by Crippen LogP contribution is -2.05. The van der Waals surface area contributed by atoms with E-state index >= 15 is 0 Å². The molecule has 1 aromatic heterocycles. The molecule has 31 heavy (non-hydrogen) atoms. The lowest BCUT2D eigenvalue weighted by Gasteiger charge is -2.08. The Bertz CT molecular complexity index is 1350. The lowest BCUT2D eigenvalue weighted by atomic mass is 10.1. The van der Waals surface area contributed by atoms with Gasteiger partial charge in [-0.25, -0.2) is 12.8 Å². The zero-order chi connectivity index (χ0) is 22.2. The van der Waals surface area contributed by atoms with E-state index in [-0.39, 0.29) is 21.7 Å². The van der Waals surface area contributed by atoms with Gasteiger partial charge in [0.05, 0.1) is 15.5 Å². The molecule has 158 valence electrons. The fraction of sp³-hybridized carbons (Fsp3) is 0.0870. The van der Waals surface area contributed by atoms with Crippen LogP contribution in [0.5, 0.6) is 0 Å². The van der Waals surface area contributed by atoms with E-state index in [1.165, 1.54) is 12.1 Å². The molecule has 3 aromatic carbocycles. The van der Waals surface area contributed by atoms with Gasteiger partial charge in [-0.1, -0.05) is 29.8 Å². The molecule has 0 amide bonds. The van der Waals surface area contributed by atoms with Gasteiger partial charge in [-0.2, -0.15) is 4.98 Å². The summed E-state index contributed by atoms with van der Waals surface area (Å²) in [6.45, 7) is 3.87. The van der Waals surface area contributed by atoms with Gasteiger partial charge in [0.15, 0.2) is 0 Å². The van der Waals surface area contributed by atoms with Crippen molar-refractivity contribution < 1.29 is 17.2 Å². The number of halogens is 2. The third-order valence-electron chi connectivity index (χ3n) is 4.56. The Morgan fingerprint density at radius 3 is 2.26 bits per heavy atom. The summed E-state index contributed by atoms with van der Waals surface area (Å²) >= 11 is 6.26. The highest BCUT2D eigenvalue weighted by Gasteiger charge is 2.29. The van der Waals surface area contributed by atoms with Crippen molar-refractivity contribution in [2.45, 2.75) is 23.8 Å². The predicted octanol–water partition coefficient (Wildman–Crippen LogP) is 6.33. The molecular formula is C23H18ClFN2O3S. The predicted molar refractivity (Wildman–Crippen MR) is 118 cm³/mol. The average Bonchev–Trinajstić information content (AvgIpc) is 3.12. The van der Waals surface area contributed by atoms with Gasteiger partial charge >= 0.3 is 0 Å². The number of hydrogen-bond acceptors (Lipinski definition) is 5. The van der Waals surface area contributed by atoms with E-state index in [9.17, 15) is 12.8 Å². The maximum absolute atomic E-state index is 13.3. The molecule has 0 bridgehead atoms. The summed E-state index contributed by atoms with van der Waals surface area (Å²) in [4.78, 5) is 4.16. The molecule has 1 N–H and O–H groups in total. The number of rotatable bonds is 5. The van der Waals surface area contributed by atoms with Gasteiger partial charge in [-0.15, -0.1) is 0 Å². The summed E-state index contributed by atoms with van der Waals surface area (Å²) in [6.07, 6.45) is 0. The van der Waals surface area contributed by atoms with Crippen molar-refractivity contribution >= 4 is 33.0 Å². The molecule has 0 aliphatic carbocycles. The summed E-state index contributed by atoms with van der Waals surface area (Å²) in [5.74, 6) is -0.535. The Labute approximate surface area is 184 Å². The molecule has 5 nitrogen and oxygen atoms in total. The zero-order valence-corrected chi connectivity index (χ0v) is 18.3. The van der Waals surface area contributed by atoms with Crippen LogP contribution in [0.4, 0.5) is 16.0 Å². The smallest absolute Gasteiger partial charge is 0.238 e. The van der Waals surface area contributed by atoms with Crippen molar-refractivity contribution in [3.8, 4) is 11.5 Å². The summed E-state index contributed by atoms with van der Waals surface area (Å²) in [5.41, 5.74) is 3.09. The van der Waals surface area contributed by atoms with Crippen molar-refractivity contribution in [1.29, 1.82) is 0 Å². The molecule has 0 saturated heterocycles. The largest absolute Gasteiger partial charge is 0.419 e. The molecule has 8 heteroatoms. The van der Waals surface area contributed by atoms with Crippen molar-refractivity contribution in [1.82, 2.24) is 4.98 Å². The number of nitrogens with zero attached hydrogens (tertiary/aromatic N) is 1. The van der Waals surface area contributed by atoms with Crippen LogP contribution in [0.2, 0.25) is 5.02 Å². The molecule has 0 aliphatic rings. The minimum absolute atomic E-state index is 0.0516. The number of aryl methyl sites for hydroxylation is 2. The summed E-state index contributed by atoms with van der Waals surface area (Å²) in [5, 5.41) is 3.08. The third kappa shape index (κ3) is 4.33. The number of nitrogens with one attached hydrogen (secondary N) is 1. The van der Waals surface area contributed by atoms with Gasteiger partial charge in [0, 0.05) is 5.69 Å². The number of oxazole rings is 1. The molecule has 4 rings (SSSR count). The van der Waals surface area contributed by atoms with E-state index < -0.39 is 15.7 Å². The number of sulfone groups is 1. The van der Waals surface area contributed by atoms with Crippen LogP contribution in [0.3, 0.4) is 0 Å². The number of hydrogen-bond donors (Lipinski definition) is 1. The highest BCUT2D eigenvalue weighted by Crippen LogP contribution is 2.36.